The Labute approximate surface area is 154 Å². The Hall–Kier alpha value is -1.56. The van der Waals surface area contributed by atoms with Crippen molar-refractivity contribution in [3.63, 3.8) is 0 Å². The fraction of sp³-hybridized carbons (Fsp3) is 0.235. The Bertz CT molecular complexity index is 769. The van der Waals surface area contributed by atoms with Crippen LogP contribution in [0.1, 0.15) is 5.56 Å². The molecule has 0 radical (unpaired) electrons. The molecule has 1 aliphatic heterocycles. The maximum Gasteiger partial charge on any atom is 0.232 e. The first-order valence-electron chi connectivity index (χ1n) is 7.23. The van der Waals surface area contributed by atoms with Crippen molar-refractivity contribution in [1.82, 2.24) is 4.90 Å². The highest BCUT2D eigenvalue weighted by Crippen LogP contribution is 2.33. The number of thioether (sulfide) groups is 1. The van der Waals surface area contributed by atoms with Crippen molar-refractivity contribution < 1.29 is 14.3 Å². The van der Waals surface area contributed by atoms with Gasteiger partial charge in [-0.25, -0.2) is 0 Å². The maximum atomic E-state index is 12.3. The first-order chi connectivity index (χ1) is 11.5. The van der Waals surface area contributed by atoms with Crippen LogP contribution in [-0.4, -0.2) is 30.4 Å². The van der Waals surface area contributed by atoms with E-state index in [-0.39, 0.29) is 12.7 Å². The van der Waals surface area contributed by atoms with Gasteiger partial charge < -0.3 is 14.4 Å². The number of amides is 1. The zero-order valence-corrected chi connectivity index (χ0v) is 15.2. The summed E-state index contributed by atoms with van der Waals surface area (Å²) in [5.74, 6) is 1.75. The minimum atomic E-state index is 0.00806. The predicted molar refractivity (Wildman–Crippen MR) is 96.2 cm³/mol. The van der Waals surface area contributed by atoms with Gasteiger partial charge >= 0.3 is 0 Å². The molecule has 1 amide bonds. The number of carbonyl (C=O) groups excluding carboxylic acids is 1. The number of carbonyl (C=O) groups is 1. The summed E-state index contributed by atoms with van der Waals surface area (Å²) in [4.78, 5) is 14.8. The molecule has 3 rings (SSSR count). The molecule has 2 aromatic rings. The molecule has 7 heteroatoms. The van der Waals surface area contributed by atoms with E-state index in [0.29, 0.717) is 28.1 Å². The summed E-state index contributed by atoms with van der Waals surface area (Å²) in [5.41, 5.74) is 0.987. The summed E-state index contributed by atoms with van der Waals surface area (Å²) in [6.45, 7) is 0.740. The van der Waals surface area contributed by atoms with E-state index in [1.165, 1.54) is 11.8 Å². The van der Waals surface area contributed by atoms with E-state index in [0.717, 1.165) is 16.2 Å². The molecule has 24 heavy (non-hydrogen) atoms. The van der Waals surface area contributed by atoms with Crippen LogP contribution < -0.4 is 9.47 Å². The molecule has 4 nitrogen and oxygen atoms in total. The van der Waals surface area contributed by atoms with Crippen molar-refractivity contribution >= 4 is 40.9 Å². The highest BCUT2D eigenvalue weighted by Gasteiger charge is 2.16. The fourth-order valence-corrected chi connectivity index (χ4v) is 3.67. The summed E-state index contributed by atoms with van der Waals surface area (Å²) in [5, 5.41) is 1.19. The molecule has 0 saturated heterocycles. The van der Waals surface area contributed by atoms with Gasteiger partial charge in [-0.2, -0.15) is 0 Å². The monoisotopic (exact) mass is 383 g/mol. The minimum Gasteiger partial charge on any atom is -0.454 e. The van der Waals surface area contributed by atoms with Crippen LogP contribution in [-0.2, 0) is 11.3 Å². The summed E-state index contributed by atoms with van der Waals surface area (Å²) >= 11 is 13.4. The lowest BCUT2D eigenvalue weighted by Crippen LogP contribution is -2.27. The van der Waals surface area contributed by atoms with Gasteiger partial charge in [0.05, 0.1) is 10.8 Å². The number of ether oxygens (including phenoxy) is 2. The highest BCUT2D eigenvalue weighted by molar-refractivity contribution is 8.00. The lowest BCUT2D eigenvalue weighted by Gasteiger charge is -2.17. The van der Waals surface area contributed by atoms with Gasteiger partial charge in [0.25, 0.3) is 0 Å². The molecule has 0 saturated carbocycles. The average molecular weight is 384 g/mol. The second-order valence-corrected chi connectivity index (χ2v) is 7.16. The van der Waals surface area contributed by atoms with E-state index in [1.54, 1.807) is 30.1 Å². The van der Waals surface area contributed by atoms with Crippen LogP contribution in [0, 0.1) is 0 Å². The number of rotatable bonds is 5. The van der Waals surface area contributed by atoms with Crippen LogP contribution in [0.3, 0.4) is 0 Å². The molecule has 0 bridgehead atoms. The van der Waals surface area contributed by atoms with E-state index in [2.05, 4.69) is 0 Å². The molecule has 126 valence electrons. The lowest BCUT2D eigenvalue weighted by atomic mass is 10.2. The zero-order chi connectivity index (χ0) is 17.1. The van der Waals surface area contributed by atoms with Crippen LogP contribution in [0.2, 0.25) is 10.0 Å². The van der Waals surface area contributed by atoms with Crippen molar-refractivity contribution in [3.8, 4) is 11.5 Å². The van der Waals surface area contributed by atoms with Gasteiger partial charge in [0.15, 0.2) is 11.5 Å². The van der Waals surface area contributed by atoms with Gasteiger partial charge in [0.2, 0.25) is 12.7 Å². The molecular weight excluding hydrogens is 369 g/mol. The number of halogens is 2. The van der Waals surface area contributed by atoms with Gasteiger partial charge in [0.1, 0.15) is 0 Å². The highest BCUT2D eigenvalue weighted by atomic mass is 35.5. The van der Waals surface area contributed by atoms with Crippen LogP contribution in [0.4, 0.5) is 0 Å². The zero-order valence-electron chi connectivity index (χ0n) is 12.9. The number of benzene rings is 2. The quantitative estimate of drug-likeness (QED) is 0.713. The summed E-state index contributed by atoms with van der Waals surface area (Å²) in [6.07, 6.45) is 0. The first kappa shape index (κ1) is 17.3. The van der Waals surface area contributed by atoms with Crippen molar-refractivity contribution in [3.05, 3.63) is 52.0 Å². The molecule has 0 spiro atoms. The number of hydrogen-bond donors (Lipinski definition) is 0. The Kier molecular flexibility index (Phi) is 5.43. The van der Waals surface area contributed by atoms with Crippen LogP contribution in [0.15, 0.2) is 41.3 Å². The van der Waals surface area contributed by atoms with Crippen molar-refractivity contribution in [1.29, 1.82) is 0 Å². The number of nitrogens with zero attached hydrogens (tertiary/aromatic N) is 1. The topological polar surface area (TPSA) is 38.8 Å². The van der Waals surface area contributed by atoms with E-state index >= 15 is 0 Å². The standard InChI is InChI=1S/C17H15Cl2NO3S/c1-20(8-11-2-5-14-15(6-11)23-10-22-14)17(21)9-24-16-7-12(18)3-4-13(16)19/h2-7H,8-10H2,1H3. The Morgan fingerprint density at radius 2 is 1.96 bits per heavy atom. The van der Waals surface area contributed by atoms with E-state index in [9.17, 15) is 4.79 Å². The number of fused-ring (bicyclic) bond motifs is 1. The molecule has 1 heterocycles. The lowest BCUT2D eigenvalue weighted by molar-refractivity contribution is -0.127. The number of hydrogen-bond acceptors (Lipinski definition) is 4. The van der Waals surface area contributed by atoms with Crippen LogP contribution >= 0.6 is 35.0 Å². The first-order valence-corrected chi connectivity index (χ1v) is 8.97. The third-order valence-electron chi connectivity index (χ3n) is 3.53. The van der Waals surface area contributed by atoms with Gasteiger partial charge in [-0.1, -0.05) is 29.3 Å². The Balaban J connectivity index is 1.57. The van der Waals surface area contributed by atoms with Gasteiger partial charge in [-0.15, -0.1) is 11.8 Å². The summed E-state index contributed by atoms with van der Waals surface area (Å²) in [7, 11) is 1.77. The van der Waals surface area contributed by atoms with Crippen LogP contribution in [0.25, 0.3) is 0 Å². The molecule has 0 atom stereocenters. The smallest absolute Gasteiger partial charge is 0.232 e. The van der Waals surface area contributed by atoms with Crippen molar-refractivity contribution in [2.75, 3.05) is 19.6 Å². The van der Waals surface area contributed by atoms with E-state index in [4.69, 9.17) is 32.7 Å². The van der Waals surface area contributed by atoms with E-state index < -0.39 is 0 Å². The predicted octanol–water partition coefficient (Wildman–Crippen LogP) is 4.47. The molecular formula is C17H15Cl2NO3S. The second kappa shape index (κ2) is 7.55. The summed E-state index contributed by atoms with van der Waals surface area (Å²) < 4.78 is 10.6. The SMILES string of the molecule is CN(Cc1ccc2c(c1)OCO2)C(=O)CSc1cc(Cl)ccc1Cl. The van der Waals surface area contributed by atoms with Crippen LogP contribution in [0.5, 0.6) is 11.5 Å². The van der Waals surface area contributed by atoms with Crippen molar-refractivity contribution in [2.45, 2.75) is 11.4 Å². The molecule has 0 fully saturated rings. The molecule has 0 unspecified atom stereocenters. The molecule has 1 aliphatic rings. The fourth-order valence-electron chi connectivity index (χ4n) is 2.24. The molecule has 0 aromatic heterocycles. The minimum absolute atomic E-state index is 0.00806. The summed E-state index contributed by atoms with van der Waals surface area (Å²) in [6, 6.07) is 10.9. The molecule has 0 aliphatic carbocycles. The largest absolute Gasteiger partial charge is 0.454 e. The molecule has 2 aromatic carbocycles. The normalized spacial score (nSPS) is 12.3. The maximum absolute atomic E-state index is 12.3. The second-order valence-electron chi connectivity index (χ2n) is 5.30. The van der Waals surface area contributed by atoms with Gasteiger partial charge in [-0.05, 0) is 35.9 Å². The van der Waals surface area contributed by atoms with Gasteiger partial charge in [-0.3, -0.25) is 4.79 Å². The van der Waals surface area contributed by atoms with E-state index in [1.807, 2.05) is 18.2 Å². The Morgan fingerprint density at radius 3 is 2.79 bits per heavy atom. The average Bonchev–Trinajstić information content (AvgIpc) is 3.03. The third-order valence-corrected chi connectivity index (χ3v) is 5.24. The van der Waals surface area contributed by atoms with Crippen molar-refractivity contribution in [2.24, 2.45) is 0 Å². The van der Waals surface area contributed by atoms with Gasteiger partial charge in [0, 0.05) is 23.5 Å². The third kappa shape index (κ3) is 4.09. The molecule has 0 N–H and O–H groups in total. The Morgan fingerprint density at radius 1 is 1.17 bits per heavy atom.